The minimum absolute atomic E-state index is 0.182. The molecule has 5 nitrogen and oxygen atoms in total. The fourth-order valence-electron chi connectivity index (χ4n) is 2.97. The maximum Gasteiger partial charge on any atom is 0.228 e. The van der Waals surface area contributed by atoms with Gasteiger partial charge in [0.15, 0.2) is 5.75 Å². The number of rotatable bonds is 7. The molecule has 0 atom stereocenters. The Labute approximate surface area is 185 Å². The van der Waals surface area contributed by atoms with Crippen LogP contribution < -0.4 is 14.8 Å². The van der Waals surface area contributed by atoms with Crippen LogP contribution in [0, 0.1) is 0 Å². The number of carbonyl (C=O) groups excluding carboxylic acids is 1. The molecule has 0 bridgehead atoms. The topological polar surface area (TPSA) is 60.5 Å². The molecule has 2 aromatic carbocycles. The summed E-state index contributed by atoms with van der Waals surface area (Å²) in [5.74, 6) is 1.79. The molecule has 0 fully saturated rings. The molecule has 0 aliphatic heterocycles. The Kier molecular flexibility index (Phi) is 7.19. The summed E-state index contributed by atoms with van der Waals surface area (Å²) >= 11 is 12.8. The fraction of sp³-hybridized carbons (Fsp3) is 0.217. The highest BCUT2D eigenvalue weighted by atomic mass is 35.5. The van der Waals surface area contributed by atoms with Crippen LogP contribution in [0.4, 0.5) is 5.69 Å². The molecule has 0 unspecified atom stereocenters. The summed E-state index contributed by atoms with van der Waals surface area (Å²) in [7, 11) is 1.64. The van der Waals surface area contributed by atoms with Gasteiger partial charge < -0.3 is 14.8 Å². The number of anilines is 1. The molecule has 1 N–H and O–H groups in total. The number of halogens is 2. The molecule has 3 aromatic rings. The SMILES string of the molecule is COc1ccc(Oc2c(Cl)cc(NC(=O)Cc3ccncc3)cc2Cl)cc1C(C)C. The molecule has 0 saturated heterocycles. The van der Waals surface area contributed by atoms with E-state index in [9.17, 15) is 4.79 Å². The molecule has 1 aromatic heterocycles. The minimum Gasteiger partial charge on any atom is -0.496 e. The van der Waals surface area contributed by atoms with Crippen molar-refractivity contribution in [1.29, 1.82) is 0 Å². The van der Waals surface area contributed by atoms with Gasteiger partial charge in [-0.25, -0.2) is 0 Å². The molecule has 1 amide bonds. The first-order chi connectivity index (χ1) is 14.4. The Morgan fingerprint density at radius 2 is 1.73 bits per heavy atom. The molecule has 156 valence electrons. The van der Waals surface area contributed by atoms with Crippen molar-refractivity contribution in [3.63, 3.8) is 0 Å². The number of nitrogens with one attached hydrogen (secondary N) is 1. The first-order valence-corrected chi connectivity index (χ1v) is 10.2. The number of amides is 1. The van der Waals surface area contributed by atoms with Crippen LogP contribution in [0.25, 0.3) is 0 Å². The molecule has 3 rings (SSSR count). The monoisotopic (exact) mass is 444 g/mol. The van der Waals surface area contributed by atoms with E-state index in [1.807, 2.05) is 12.1 Å². The van der Waals surface area contributed by atoms with Crippen molar-refractivity contribution in [3.8, 4) is 17.2 Å². The summed E-state index contributed by atoms with van der Waals surface area (Å²) < 4.78 is 11.3. The summed E-state index contributed by atoms with van der Waals surface area (Å²) in [5.41, 5.74) is 2.37. The number of ether oxygens (including phenoxy) is 2. The standard InChI is InChI=1S/C23H22Cl2N2O3/c1-14(2)18-13-17(4-5-21(18)29-3)30-23-19(24)11-16(12-20(23)25)27-22(28)10-15-6-8-26-9-7-15/h4-9,11-14H,10H2,1-3H3,(H,27,28). The average Bonchev–Trinajstić information content (AvgIpc) is 2.71. The lowest BCUT2D eigenvalue weighted by Gasteiger charge is -2.16. The third kappa shape index (κ3) is 5.43. The summed E-state index contributed by atoms with van der Waals surface area (Å²) in [6, 6.07) is 12.3. The maximum atomic E-state index is 12.3. The number of pyridine rings is 1. The lowest BCUT2D eigenvalue weighted by molar-refractivity contribution is -0.115. The van der Waals surface area contributed by atoms with Crippen molar-refractivity contribution < 1.29 is 14.3 Å². The Balaban J connectivity index is 1.76. The van der Waals surface area contributed by atoms with Crippen LogP contribution in [0.5, 0.6) is 17.2 Å². The summed E-state index contributed by atoms with van der Waals surface area (Å²) in [6.45, 7) is 4.15. The molecular weight excluding hydrogens is 423 g/mol. The van der Waals surface area contributed by atoms with E-state index in [-0.39, 0.29) is 18.2 Å². The zero-order chi connectivity index (χ0) is 21.7. The van der Waals surface area contributed by atoms with E-state index in [0.717, 1.165) is 16.9 Å². The highest BCUT2D eigenvalue weighted by Crippen LogP contribution is 2.40. The van der Waals surface area contributed by atoms with Gasteiger partial charge >= 0.3 is 0 Å². The van der Waals surface area contributed by atoms with Gasteiger partial charge in [-0.15, -0.1) is 0 Å². The van der Waals surface area contributed by atoms with Gasteiger partial charge in [-0.2, -0.15) is 0 Å². The van der Waals surface area contributed by atoms with Gasteiger partial charge in [-0.05, 0) is 53.9 Å². The molecule has 1 heterocycles. The number of aromatic nitrogens is 1. The third-order valence-corrected chi connectivity index (χ3v) is 5.00. The Hall–Kier alpha value is -2.76. The first-order valence-electron chi connectivity index (χ1n) is 9.41. The van der Waals surface area contributed by atoms with Gasteiger partial charge in [0.25, 0.3) is 0 Å². The van der Waals surface area contributed by atoms with E-state index in [1.165, 1.54) is 0 Å². The summed E-state index contributed by atoms with van der Waals surface area (Å²) in [4.78, 5) is 16.2. The second-order valence-corrected chi connectivity index (χ2v) is 7.82. The van der Waals surface area contributed by atoms with Gasteiger partial charge in [0.05, 0.1) is 23.6 Å². The number of methoxy groups -OCH3 is 1. The quantitative estimate of drug-likeness (QED) is 0.451. The van der Waals surface area contributed by atoms with E-state index in [2.05, 4.69) is 24.1 Å². The van der Waals surface area contributed by atoms with Gasteiger partial charge in [-0.3, -0.25) is 9.78 Å². The van der Waals surface area contributed by atoms with Crippen LogP contribution >= 0.6 is 23.2 Å². The Morgan fingerprint density at radius 3 is 2.33 bits per heavy atom. The van der Waals surface area contributed by atoms with Crippen LogP contribution in [-0.4, -0.2) is 18.0 Å². The van der Waals surface area contributed by atoms with Crippen molar-refractivity contribution in [1.82, 2.24) is 4.98 Å². The van der Waals surface area contributed by atoms with Crippen molar-refractivity contribution >= 4 is 34.8 Å². The van der Waals surface area contributed by atoms with Crippen LogP contribution in [-0.2, 0) is 11.2 Å². The number of hydrogen-bond donors (Lipinski definition) is 1. The number of benzene rings is 2. The van der Waals surface area contributed by atoms with E-state index in [1.54, 1.807) is 49.8 Å². The van der Waals surface area contributed by atoms with Crippen LogP contribution in [0.15, 0.2) is 54.9 Å². The lowest BCUT2D eigenvalue weighted by Crippen LogP contribution is -2.14. The smallest absolute Gasteiger partial charge is 0.228 e. The zero-order valence-electron chi connectivity index (χ0n) is 16.9. The highest BCUT2D eigenvalue weighted by Gasteiger charge is 2.15. The van der Waals surface area contributed by atoms with E-state index >= 15 is 0 Å². The van der Waals surface area contributed by atoms with Crippen LogP contribution in [0.3, 0.4) is 0 Å². The molecule has 0 radical (unpaired) electrons. The molecule has 0 aliphatic rings. The van der Waals surface area contributed by atoms with Crippen molar-refractivity contribution in [2.45, 2.75) is 26.2 Å². The van der Waals surface area contributed by atoms with Gasteiger partial charge in [0.1, 0.15) is 11.5 Å². The molecule has 0 saturated carbocycles. The second kappa shape index (κ2) is 9.83. The summed E-state index contributed by atoms with van der Waals surface area (Å²) in [6.07, 6.45) is 3.51. The molecule has 0 aliphatic carbocycles. The average molecular weight is 445 g/mol. The van der Waals surface area contributed by atoms with E-state index < -0.39 is 0 Å². The second-order valence-electron chi connectivity index (χ2n) is 7.01. The largest absolute Gasteiger partial charge is 0.496 e. The zero-order valence-corrected chi connectivity index (χ0v) is 18.4. The fourth-order valence-corrected chi connectivity index (χ4v) is 3.53. The third-order valence-electron chi connectivity index (χ3n) is 4.44. The number of hydrogen-bond acceptors (Lipinski definition) is 4. The number of carbonyl (C=O) groups is 1. The van der Waals surface area contributed by atoms with Gasteiger partial charge in [-0.1, -0.05) is 37.0 Å². The van der Waals surface area contributed by atoms with E-state index in [0.29, 0.717) is 27.2 Å². The lowest BCUT2D eigenvalue weighted by atomic mass is 10.0. The predicted molar refractivity (Wildman–Crippen MR) is 120 cm³/mol. The van der Waals surface area contributed by atoms with E-state index in [4.69, 9.17) is 32.7 Å². The molecule has 30 heavy (non-hydrogen) atoms. The summed E-state index contributed by atoms with van der Waals surface area (Å²) in [5, 5.41) is 3.39. The van der Waals surface area contributed by atoms with Crippen LogP contribution in [0.2, 0.25) is 10.0 Å². The van der Waals surface area contributed by atoms with Gasteiger partial charge in [0, 0.05) is 23.6 Å². The van der Waals surface area contributed by atoms with Crippen molar-refractivity contribution in [2.24, 2.45) is 0 Å². The normalized spacial score (nSPS) is 10.7. The Morgan fingerprint density at radius 1 is 1.07 bits per heavy atom. The number of nitrogens with zero attached hydrogens (tertiary/aromatic N) is 1. The predicted octanol–water partition coefficient (Wildman–Crippen LogP) is 6.49. The molecule has 7 heteroatoms. The Bertz CT molecular complexity index is 1020. The van der Waals surface area contributed by atoms with Crippen LogP contribution in [0.1, 0.15) is 30.9 Å². The van der Waals surface area contributed by atoms with Crippen molar-refractivity contribution in [3.05, 3.63) is 76.0 Å². The van der Waals surface area contributed by atoms with Crippen molar-refractivity contribution in [2.75, 3.05) is 12.4 Å². The van der Waals surface area contributed by atoms with Gasteiger partial charge in [0.2, 0.25) is 5.91 Å². The molecular formula is C23H22Cl2N2O3. The molecule has 0 spiro atoms. The highest BCUT2D eigenvalue weighted by molar-refractivity contribution is 6.37. The maximum absolute atomic E-state index is 12.3. The first kappa shape index (κ1) is 21.9. The minimum atomic E-state index is -0.182.